The Morgan fingerprint density at radius 3 is 2.26 bits per heavy atom. The molecule has 0 aromatic carbocycles. The summed E-state index contributed by atoms with van der Waals surface area (Å²) < 4.78 is 0. The van der Waals surface area contributed by atoms with Gasteiger partial charge in [-0.1, -0.05) is 6.92 Å². The van der Waals surface area contributed by atoms with Crippen LogP contribution in [0, 0.1) is 5.92 Å². The van der Waals surface area contributed by atoms with Crippen molar-refractivity contribution < 1.29 is 9.90 Å². The number of rotatable bonds is 9. The molecule has 19 heavy (non-hydrogen) atoms. The number of carbonyl (C=O) groups is 1. The van der Waals surface area contributed by atoms with Crippen LogP contribution < -0.4 is 5.32 Å². The largest absolute Gasteiger partial charge is 0.480 e. The smallest absolute Gasteiger partial charge is 0.325 e. The minimum atomic E-state index is -0.770. The predicted octanol–water partition coefficient (Wildman–Crippen LogP) is 2.34. The van der Waals surface area contributed by atoms with Gasteiger partial charge in [0.2, 0.25) is 0 Å². The maximum atomic E-state index is 11.9. The number of nitrogens with zero attached hydrogens (tertiary/aromatic N) is 1. The number of aliphatic carboxylic acids is 1. The van der Waals surface area contributed by atoms with E-state index in [1.165, 1.54) is 0 Å². The van der Waals surface area contributed by atoms with Gasteiger partial charge in [-0.25, -0.2) is 0 Å². The molecule has 1 fully saturated rings. The van der Waals surface area contributed by atoms with E-state index in [1.54, 1.807) is 0 Å². The van der Waals surface area contributed by atoms with Gasteiger partial charge in [0.1, 0.15) is 5.54 Å². The van der Waals surface area contributed by atoms with Crippen LogP contribution in [-0.4, -0.2) is 46.7 Å². The molecule has 0 spiro atoms. The summed E-state index contributed by atoms with van der Waals surface area (Å²) in [5, 5.41) is 13.2. The molecule has 0 aliphatic heterocycles. The maximum absolute atomic E-state index is 11.9. The van der Waals surface area contributed by atoms with Crippen LogP contribution in [0.15, 0.2) is 0 Å². The van der Waals surface area contributed by atoms with Gasteiger partial charge in [-0.15, -0.1) is 0 Å². The van der Waals surface area contributed by atoms with Gasteiger partial charge in [0.25, 0.3) is 0 Å². The van der Waals surface area contributed by atoms with Gasteiger partial charge >= 0.3 is 5.97 Å². The van der Waals surface area contributed by atoms with Gasteiger partial charge in [0.15, 0.2) is 0 Å². The fraction of sp³-hybridized carbons (Fsp3) is 0.933. The van der Waals surface area contributed by atoms with E-state index >= 15 is 0 Å². The van der Waals surface area contributed by atoms with E-state index in [0.717, 1.165) is 25.8 Å². The standard InChI is InChI=1S/C15H30N2O2/c1-6-9-17(12(4)5)10-15(14(18)19,13-7-8-13)16-11(2)3/h11-13,16H,6-10H2,1-5H3,(H,18,19). The van der Waals surface area contributed by atoms with Gasteiger partial charge in [0, 0.05) is 18.6 Å². The third kappa shape index (κ3) is 4.18. The zero-order chi connectivity index (χ0) is 14.6. The van der Waals surface area contributed by atoms with Crippen LogP contribution >= 0.6 is 0 Å². The van der Waals surface area contributed by atoms with E-state index in [4.69, 9.17) is 0 Å². The molecular weight excluding hydrogens is 240 g/mol. The summed E-state index contributed by atoms with van der Waals surface area (Å²) in [6, 6.07) is 0.568. The second-order valence-electron chi connectivity index (χ2n) is 6.41. The van der Waals surface area contributed by atoms with E-state index in [2.05, 4.69) is 31.0 Å². The summed E-state index contributed by atoms with van der Waals surface area (Å²) in [6.45, 7) is 12.1. The van der Waals surface area contributed by atoms with Crippen molar-refractivity contribution >= 4 is 5.97 Å². The van der Waals surface area contributed by atoms with E-state index in [9.17, 15) is 9.90 Å². The molecule has 0 heterocycles. The van der Waals surface area contributed by atoms with Crippen LogP contribution in [-0.2, 0) is 4.79 Å². The molecule has 0 aromatic rings. The van der Waals surface area contributed by atoms with Crippen molar-refractivity contribution in [2.24, 2.45) is 5.92 Å². The van der Waals surface area contributed by atoms with Crippen LogP contribution in [0.3, 0.4) is 0 Å². The number of nitrogens with one attached hydrogen (secondary N) is 1. The predicted molar refractivity (Wildman–Crippen MR) is 78.4 cm³/mol. The molecule has 112 valence electrons. The van der Waals surface area contributed by atoms with Crippen molar-refractivity contribution in [1.29, 1.82) is 0 Å². The Kier molecular flexibility index (Phi) is 5.81. The second-order valence-corrected chi connectivity index (χ2v) is 6.41. The van der Waals surface area contributed by atoms with Gasteiger partial charge in [-0.2, -0.15) is 0 Å². The molecule has 4 heteroatoms. The highest BCUT2D eigenvalue weighted by molar-refractivity contribution is 5.80. The first-order valence-electron chi connectivity index (χ1n) is 7.58. The average molecular weight is 270 g/mol. The SMILES string of the molecule is CCCN(CC(NC(C)C)(C(=O)O)C1CC1)C(C)C. The second kappa shape index (κ2) is 6.71. The first kappa shape index (κ1) is 16.4. The van der Waals surface area contributed by atoms with Gasteiger partial charge in [-0.05, 0) is 59.4 Å². The molecule has 0 bridgehead atoms. The normalized spacial score (nSPS) is 19.2. The average Bonchev–Trinajstić information content (AvgIpc) is 3.09. The summed E-state index contributed by atoms with van der Waals surface area (Å²) >= 11 is 0. The molecule has 4 nitrogen and oxygen atoms in total. The molecule has 0 aromatic heterocycles. The van der Waals surface area contributed by atoms with Crippen LogP contribution in [0.4, 0.5) is 0 Å². The van der Waals surface area contributed by atoms with Crippen molar-refractivity contribution in [2.75, 3.05) is 13.1 Å². The van der Waals surface area contributed by atoms with E-state index in [1.807, 2.05) is 13.8 Å². The molecule has 0 amide bonds. The minimum Gasteiger partial charge on any atom is -0.480 e. The van der Waals surface area contributed by atoms with E-state index < -0.39 is 11.5 Å². The monoisotopic (exact) mass is 270 g/mol. The zero-order valence-corrected chi connectivity index (χ0v) is 13.1. The van der Waals surface area contributed by atoms with Gasteiger partial charge in [0.05, 0.1) is 0 Å². The van der Waals surface area contributed by atoms with Gasteiger partial charge < -0.3 is 5.11 Å². The Hall–Kier alpha value is -0.610. The highest BCUT2D eigenvalue weighted by Gasteiger charge is 2.52. The van der Waals surface area contributed by atoms with E-state index in [-0.39, 0.29) is 12.0 Å². The first-order valence-corrected chi connectivity index (χ1v) is 7.58. The van der Waals surface area contributed by atoms with Crippen molar-refractivity contribution in [1.82, 2.24) is 10.2 Å². The quantitative estimate of drug-likeness (QED) is 0.675. The van der Waals surface area contributed by atoms with Crippen molar-refractivity contribution in [3.63, 3.8) is 0 Å². The van der Waals surface area contributed by atoms with Gasteiger partial charge in [-0.3, -0.25) is 15.0 Å². The molecule has 2 N–H and O–H groups in total. The number of hydrogen-bond donors (Lipinski definition) is 2. The fourth-order valence-electron chi connectivity index (χ4n) is 2.82. The Labute approximate surface area is 117 Å². The van der Waals surface area contributed by atoms with Crippen molar-refractivity contribution in [2.45, 2.75) is 71.5 Å². The molecular formula is C15H30N2O2. The van der Waals surface area contributed by atoms with Crippen LogP contribution in [0.2, 0.25) is 0 Å². The molecule has 1 aliphatic carbocycles. The number of carboxylic acids is 1. The van der Waals surface area contributed by atoms with Crippen LogP contribution in [0.1, 0.15) is 53.9 Å². The summed E-state index contributed by atoms with van der Waals surface area (Å²) in [5.74, 6) is -0.407. The van der Waals surface area contributed by atoms with Crippen LogP contribution in [0.25, 0.3) is 0 Å². The molecule has 1 saturated carbocycles. The molecule has 0 saturated heterocycles. The Bertz CT molecular complexity index is 301. The molecule has 1 rings (SSSR count). The summed E-state index contributed by atoms with van der Waals surface area (Å²) in [7, 11) is 0. The zero-order valence-electron chi connectivity index (χ0n) is 13.1. The third-order valence-corrected chi connectivity index (χ3v) is 3.90. The first-order chi connectivity index (χ1) is 8.83. The lowest BCUT2D eigenvalue weighted by atomic mass is 9.90. The highest BCUT2D eigenvalue weighted by atomic mass is 16.4. The lowest BCUT2D eigenvalue weighted by Crippen LogP contribution is -2.63. The molecule has 1 atom stereocenters. The summed E-state index contributed by atoms with van der Waals surface area (Å²) in [5.41, 5.74) is -0.770. The molecule has 1 aliphatic rings. The van der Waals surface area contributed by atoms with Crippen molar-refractivity contribution in [3.8, 4) is 0 Å². The Morgan fingerprint density at radius 2 is 1.95 bits per heavy atom. The summed E-state index contributed by atoms with van der Waals surface area (Å²) in [4.78, 5) is 14.2. The topological polar surface area (TPSA) is 52.6 Å². The maximum Gasteiger partial charge on any atom is 0.325 e. The van der Waals surface area contributed by atoms with Crippen LogP contribution in [0.5, 0.6) is 0 Å². The minimum absolute atomic E-state index is 0.187. The molecule has 1 unspecified atom stereocenters. The van der Waals surface area contributed by atoms with E-state index in [0.29, 0.717) is 12.6 Å². The lowest BCUT2D eigenvalue weighted by Gasteiger charge is -2.39. The number of hydrogen-bond acceptors (Lipinski definition) is 3. The summed E-state index contributed by atoms with van der Waals surface area (Å²) in [6.07, 6.45) is 3.12. The Balaban J connectivity index is 2.91. The molecule has 0 radical (unpaired) electrons. The fourth-order valence-corrected chi connectivity index (χ4v) is 2.82. The lowest BCUT2D eigenvalue weighted by molar-refractivity contribution is -0.147. The van der Waals surface area contributed by atoms with Crippen molar-refractivity contribution in [3.05, 3.63) is 0 Å². The number of carboxylic acid groups (broad SMARTS) is 1. The highest BCUT2D eigenvalue weighted by Crippen LogP contribution is 2.41. The Morgan fingerprint density at radius 1 is 1.37 bits per heavy atom. The third-order valence-electron chi connectivity index (χ3n) is 3.90.